The third-order valence-corrected chi connectivity index (χ3v) is 2.76. The summed E-state index contributed by atoms with van der Waals surface area (Å²) in [5.41, 5.74) is 0. The minimum Gasteiger partial charge on any atom is -0.396 e. The number of aliphatic hydroxyl groups excluding tert-OH is 1. The van der Waals surface area contributed by atoms with Crippen molar-refractivity contribution in [3.8, 4) is 5.95 Å². The quantitative estimate of drug-likeness (QED) is 0.703. The summed E-state index contributed by atoms with van der Waals surface area (Å²) >= 11 is 5.86. The highest BCUT2D eigenvalue weighted by Crippen LogP contribution is 2.09. The normalized spacial score (nSPS) is 10.7. The van der Waals surface area contributed by atoms with Crippen LogP contribution < -0.4 is 5.32 Å². The average Bonchev–Trinajstić information content (AvgIpc) is 2.96. The zero-order valence-electron chi connectivity index (χ0n) is 10.9. The van der Waals surface area contributed by atoms with Crippen molar-refractivity contribution in [2.45, 2.75) is 25.7 Å². The number of rotatable bonds is 8. The van der Waals surface area contributed by atoms with Crippen LogP contribution in [0.25, 0.3) is 5.95 Å². The molecule has 8 nitrogen and oxygen atoms in total. The van der Waals surface area contributed by atoms with Gasteiger partial charge in [-0.3, -0.25) is 0 Å². The first-order chi connectivity index (χ1) is 9.79. The van der Waals surface area contributed by atoms with Gasteiger partial charge in [-0.2, -0.15) is 24.7 Å². The van der Waals surface area contributed by atoms with Crippen LogP contribution in [0.15, 0.2) is 12.7 Å². The Bertz CT molecular complexity index is 519. The van der Waals surface area contributed by atoms with E-state index in [0.717, 1.165) is 32.2 Å². The summed E-state index contributed by atoms with van der Waals surface area (Å²) < 4.78 is 1.42. The van der Waals surface area contributed by atoms with E-state index in [0.29, 0.717) is 11.9 Å². The van der Waals surface area contributed by atoms with Crippen LogP contribution in [0, 0.1) is 0 Å². The summed E-state index contributed by atoms with van der Waals surface area (Å²) in [4.78, 5) is 16.0. The largest absolute Gasteiger partial charge is 0.396 e. The van der Waals surface area contributed by atoms with Gasteiger partial charge < -0.3 is 10.4 Å². The number of aliphatic hydroxyl groups is 1. The Morgan fingerprint density at radius 1 is 1.15 bits per heavy atom. The molecule has 2 aromatic rings. The smallest absolute Gasteiger partial charge is 0.258 e. The molecule has 0 radical (unpaired) electrons. The molecule has 0 aliphatic carbocycles. The van der Waals surface area contributed by atoms with E-state index in [1.165, 1.54) is 17.3 Å². The van der Waals surface area contributed by atoms with E-state index in [9.17, 15) is 0 Å². The molecule has 2 aromatic heterocycles. The van der Waals surface area contributed by atoms with Crippen LogP contribution in [-0.4, -0.2) is 48.0 Å². The Labute approximate surface area is 121 Å². The summed E-state index contributed by atoms with van der Waals surface area (Å²) in [5.74, 6) is 0.739. The van der Waals surface area contributed by atoms with E-state index < -0.39 is 0 Å². The van der Waals surface area contributed by atoms with Crippen molar-refractivity contribution in [2.24, 2.45) is 0 Å². The zero-order valence-corrected chi connectivity index (χ0v) is 11.7. The van der Waals surface area contributed by atoms with Crippen LogP contribution in [0.4, 0.5) is 5.95 Å². The van der Waals surface area contributed by atoms with Crippen LogP contribution >= 0.6 is 11.6 Å². The van der Waals surface area contributed by atoms with E-state index >= 15 is 0 Å². The summed E-state index contributed by atoms with van der Waals surface area (Å²) in [6.45, 7) is 0.986. The first-order valence-electron chi connectivity index (χ1n) is 6.41. The lowest BCUT2D eigenvalue weighted by Crippen LogP contribution is -2.10. The molecule has 20 heavy (non-hydrogen) atoms. The summed E-state index contributed by atoms with van der Waals surface area (Å²) in [7, 11) is 0. The van der Waals surface area contributed by atoms with Gasteiger partial charge in [0.2, 0.25) is 11.2 Å². The van der Waals surface area contributed by atoms with Gasteiger partial charge in [0, 0.05) is 13.2 Å². The molecule has 0 saturated carbocycles. The molecule has 0 bridgehead atoms. The van der Waals surface area contributed by atoms with Crippen molar-refractivity contribution in [2.75, 3.05) is 18.5 Å². The minimum absolute atomic E-state index is 0.105. The van der Waals surface area contributed by atoms with Gasteiger partial charge in [0.15, 0.2) is 0 Å². The molecule has 0 unspecified atom stereocenters. The number of hydrogen-bond acceptors (Lipinski definition) is 7. The molecule has 0 amide bonds. The van der Waals surface area contributed by atoms with Gasteiger partial charge >= 0.3 is 0 Å². The predicted octanol–water partition coefficient (Wildman–Crippen LogP) is 1.07. The highest BCUT2D eigenvalue weighted by atomic mass is 35.5. The maximum atomic E-state index is 8.68. The molecule has 0 spiro atoms. The van der Waals surface area contributed by atoms with Crippen LogP contribution in [-0.2, 0) is 0 Å². The molecule has 0 aliphatic heterocycles. The molecule has 0 atom stereocenters. The molecular formula is C11H16ClN7O. The van der Waals surface area contributed by atoms with Crippen LogP contribution in [0.3, 0.4) is 0 Å². The second-order valence-corrected chi connectivity index (χ2v) is 4.47. The van der Waals surface area contributed by atoms with Crippen molar-refractivity contribution in [1.29, 1.82) is 0 Å². The van der Waals surface area contributed by atoms with E-state index in [1.54, 1.807) is 0 Å². The van der Waals surface area contributed by atoms with Crippen LogP contribution in [0.1, 0.15) is 25.7 Å². The highest BCUT2D eigenvalue weighted by molar-refractivity contribution is 6.28. The lowest BCUT2D eigenvalue weighted by atomic mass is 10.2. The molecule has 0 aromatic carbocycles. The van der Waals surface area contributed by atoms with E-state index in [4.69, 9.17) is 16.7 Å². The number of hydrogen-bond donors (Lipinski definition) is 2. The number of aromatic nitrogens is 6. The van der Waals surface area contributed by atoms with Crippen molar-refractivity contribution in [3.05, 3.63) is 17.9 Å². The molecule has 2 rings (SSSR count). The van der Waals surface area contributed by atoms with Crippen molar-refractivity contribution in [1.82, 2.24) is 29.7 Å². The zero-order chi connectivity index (χ0) is 14.2. The molecular weight excluding hydrogens is 282 g/mol. The predicted molar refractivity (Wildman–Crippen MR) is 73.8 cm³/mol. The SMILES string of the molecule is OCCCCCCNc1nc(Cl)nc(-n2cncn2)n1. The second-order valence-electron chi connectivity index (χ2n) is 4.13. The van der Waals surface area contributed by atoms with Gasteiger partial charge in [-0.15, -0.1) is 0 Å². The number of halogens is 1. The van der Waals surface area contributed by atoms with Crippen LogP contribution in [0.5, 0.6) is 0 Å². The fourth-order valence-corrected chi connectivity index (χ4v) is 1.78. The molecule has 0 aliphatic rings. The molecule has 0 fully saturated rings. The van der Waals surface area contributed by atoms with Gasteiger partial charge in [0.1, 0.15) is 12.7 Å². The Kier molecular flexibility index (Phi) is 5.63. The average molecular weight is 298 g/mol. The number of unbranched alkanes of at least 4 members (excludes halogenated alkanes) is 3. The van der Waals surface area contributed by atoms with Gasteiger partial charge in [-0.1, -0.05) is 12.8 Å². The molecule has 0 saturated heterocycles. The van der Waals surface area contributed by atoms with Gasteiger partial charge in [0.25, 0.3) is 5.95 Å². The van der Waals surface area contributed by atoms with Crippen molar-refractivity contribution < 1.29 is 5.11 Å². The Hall–Kier alpha value is -1.80. The van der Waals surface area contributed by atoms with E-state index in [-0.39, 0.29) is 11.9 Å². The molecule has 2 N–H and O–H groups in total. The lowest BCUT2D eigenvalue weighted by molar-refractivity contribution is 0.283. The topological polar surface area (TPSA) is 102 Å². The molecule has 108 valence electrons. The first kappa shape index (κ1) is 14.6. The molecule has 2 heterocycles. The number of nitrogens with zero attached hydrogens (tertiary/aromatic N) is 6. The monoisotopic (exact) mass is 297 g/mol. The Morgan fingerprint density at radius 2 is 2.00 bits per heavy atom. The standard InChI is InChI=1S/C11H16ClN7O/c12-9-16-10(14-5-3-1-2-4-6-20)18-11(17-9)19-8-13-7-15-19/h7-8,20H,1-6H2,(H,14,16,17,18). The highest BCUT2D eigenvalue weighted by Gasteiger charge is 2.06. The maximum Gasteiger partial charge on any atom is 0.258 e. The van der Waals surface area contributed by atoms with Gasteiger partial charge in [-0.05, 0) is 24.4 Å². The third kappa shape index (κ3) is 4.39. The maximum absolute atomic E-state index is 8.68. The van der Waals surface area contributed by atoms with Gasteiger partial charge in [-0.25, -0.2) is 4.98 Å². The first-order valence-corrected chi connectivity index (χ1v) is 6.78. The summed E-state index contributed by atoms with van der Waals surface area (Å²) in [6, 6.07) is 0. The molecule has 9 heteroatoms. The second kappa shape index (κ2) is 7.71. The number of nitrogens with one attached hydrogen (secondary N) is 1. The Morgan fingerprint density at radius 3 is 2.75 bits per heavy atom. The Balaban J connectivity index is 1.88. The van der Waals surface area contributed by atoms with E-state index in [1.807, 2.05) is 0 Å². The third-order valence-electron chi connectivity index (χ3n) is 2.59. The lowest BCUT2D eigenvalue weighted by Gasteiger charge is -2.06. The fraction of sp³-hybridized carbons (Fsp3) is 0.545. The minimum atomic E-state index is 0.105. The number of anilines is 1. The summed E-state index contributed by atoms with van der Waals surface area (Å²) in [5, 5.41) is 15.8. The van der Waals surface area contributed by atoms with Gasteiger partial charge in [0.05, 0.1) is 0 Å². The fourth-order valence-electron chi connectivity index (χ4n) is 1.62. The van der Waals surface area contributed by atoms with Crippen molar-refractivity contribution >= 4 is 17.5 Å². The van der Waals surface area contributed by atoms with E-state index in [2.05, 4.69) is 30.4 Å². The van der Waals surface area contributed by atoms with Crippen LogP contribution in [0.2, 0.25) is 5.28 Å². The summed E-state index contributed by atoms with van der Waals surface area (Å²) in [6.07, 6.45) is 6.76. The van der Waals surface area contributed by atoms with Crippen molar-refractivity contribution in [3.63, 3.8) is 0 Å².